The van der Waals surface area contributed by atoms with Crippen molar-refractivity contribution in [2.24, 2.45) is 0 Å². The molecule has 0 unspecified atom stereocenters. The zero-order valence-electron chi connectivity index (χ0n) is 11.5. The Kier molecular flexibility index (Phi) is 3.83. The molecule has 0 amide bonds. The molecule has 0 fully saturated rings. The van der Waals surface area contributed by atoms with Gasteiger partial charge in [0.1, 0.15) is 34.7 Å². The van der Waals surface area contributed by atoms with E-state index in [0.29, 0.717) is 12.1 Å². The van der Waals surface area contributed by atoms with Gasteiger partial charge in [-0.15, -0.1) is 5.10 Å². The number of hydrogen-bond donors (Lipinski definition) is 1. The summed E-state index contributed by atoms with van der Waals surface area (Å²) >= 11 is 0. The molecule has 1 N–H and O–H groups in total. The molecule has 8 heteroatoms. The molecule has 0 radical (unpaired) electrons. The maximum Gasteiger partial charge on any atom is 0.128 e. The molecule has 2 aromatic carbocycles. The lowest BCUT2D eigenvalue weighted by Crippen LogP contribution is -2.02. The number of aromatic nitrogens is 3. The fourth-order valence-corrected chi connectivity index (χ4v) is 2.24. The van der Waals surface area contributed by atoms with Crippen LogP contribution < -0.4 is 0 Å². The Morgan fingerprint density at radius 1 is 0.826 bits per heavy atom. The number of aliphatic hydroxyl groups excluding tert-OH is 1. The monoisotopic (exact) mass is 323 g/mol. The summed E-state index contributed by atoms with van der Waals surface area (Å²) < 4.78 is 54.7. The second-order valence-corrected chi connectivity index (χ2v) is 4.74. The van der Waals surface area contributed by atoms with Gasteiger partial charge in [-0.05, 0) is 24.3 Å². The molecular weight excluding hydrogens is 314 g/mol. The molecule has 0 atom stereocenters. The van der Waals surface area contributed by atoms with Crippen LogP contribution >= 0.6 is 0 Å². The van der Waals surface area contributed by atoms with Gasteiger partial charge >= 0.3 is 0 Å². The van der Waals surface area contributed by atoms with E-state index in [1.165, 1.54) is 0 Å². The van der Waals surface area contributed by atoms with Crippen LogP contribution in [0.25, 0.3) is 16.9 Å². The van der Waals surface area contributed by atoms with E-state index >= 15 is 0 Å². The van der Waals surface area contributed by atoms with E-state index < -0.39 is 29.9 Å². The highest BCUT2D eigenvalue weighted by Crippen LogP contribution is 2.27. The third-order valence-corrected chi connectivity index (χ3v) is 3.12. The highest BCUT2D eigenvalue weighted by Gasteiger charge is 2.18. The van der Waals surface area contributed by atoms with E-state index in [0.717, 1.165) is 28.9 Å². The fourth-order valence-electron chi connectivity index (χ4n) is 2.24. The summed E-state index contributed by atoms with van der Waals surface area (Å²) in [5.41, 5.74) is 0.0474. The van der Waals surface area contributed by atoms with Crippen LogP contribution in [-0.2, 0) is 6.61 Å². The van der Waals surface area contributed by atoms with Crippen LogP contribution in [0.5, 0.6) is 0 Å². The number of aliphatic hydroxyl groups is 1. The zero-order chi connectivity index (χ0) is 16.6. The molecule has 0 aliphatic carbocycles. The SMILES string of the molecule is OCc1nnn(-c2cc(F)cc(F)c2)c1-c1cc(F)cc(F)c1. The molecular formula is C15H9F4N3O. The van der Waals surface area contributed by atoms with Crippen LogP contribution in [0.15, 0.2) is 36.4 Å². The van der Waals surface area contributed by atoms with Crippen molar-refractivity contribution in [3.05, 3.63) is 65.4 Å². The van der Waals surface area contributed by atoms with Crippen LogP contribution in [0.4, 0.5) is 17.6 Å². The molecule has 0 aliphatic heterocycles. The van der Waals surface area contributed by atoms with Crippen LogP contribution in [-0.4, -0.2) is 20.1 Å². The van der Waals surface area contributed by atoms with Gasteiger partial charge in [0.05, 0.1) is 12.3 Å². The molecule has 0 bridgehead atoms. The third kappa shape index (κ3) is 2.93. The Labute approximate surface area is 127 Å². The van der Waals surface area contributed by atoms with E-state index in [-0.39, 0.29) is 22.6 Å². The summed E-state index contributed by atoms with van der Waals surface area (Å²) in [6.07, 6.45) is 0. The Hall–Kier alpha value is -2.74. The average Bonchev–Trinajstić information content (AvgIpc) is 2.89. The van der Waals surface area contributed by atoms with Gasteiger partial charge in [-0.2, -0.15) is 0 Å². The van der Waals surface area contributed by atoms with E-state index in [4.69, 9.17) is 0 Å². The van der Waals surface area contributed by atoms with Gasteiger partial charge in [0.2, 0.25) is 0 Å². The van der Waals surface area contributed by atoms with Gasteiger partial charge in [-0.25, -0.2) is 22.2 Å². The maximum absolute atomic E-state index is 13.4. The predicted octanol–water partition coefficient (Wildman–Crippen LogP) is 2.98. The minimum Gasteiger partial charge on any atom is -0.390 e. The first-order valence-corrected chi connectivity index (χ1v) is 6.46. The lowest BCUT2D eigenvalue weighted by atomic mass is 10.1. The van der Waals surface area contributed by atoms with Crippen molar-refractivity contribution < 1.29 is 22.7 Å². The molecule has 4 nitrogen and oxygen atoms in total. The van der Waals surface area contributed by atoms with E-state index in [1.54, 1.807) is 0 Å². The summed E-state index contributed by atoms with van der Waals surface area (Å²) in [4.78, 5) is 0. The first kappa shape index (κ1) is 15.2. The highest BCUT2D eigenvalue weighted by atomic mass is 19.1. The Bertz CT molecular complexity index is 839. The van der Waals surface area contributed by atoms with E-state index in [2.05, 4.69) is 10.3 Å². The number of rotatable bonds is 3. The van der Waals surface area contributed by atoms with Crippen molar-refractivity contribution in [3.63, 3.8) is 0 Å². The van der Waals surface area contributed by atoms with Gasteiger partial charge in [0.25, 0.3) is 0 Å². The topological polar surface area (TPSA) is 50.9 Å². The van der Waals surface area contributed by atoms with Crippen molar-refractivity contribution in [3.8, 4) is 16.9 Å². The van der Waals surface area contributed by atoms with Gasteiger partial charge in [0.15, 0.2) is 0 Å². The summed E-state index contributed by atoms with van der Waals surface area (Å²) in [6, 6.07) is 5.34. The highest BCUT2D eigenvalue weighted by molar-refractivity contribution is 5.64. The fraction of sp³-hybridized carbons (Fsp3) is 0.0667. The van der Waals surface area contributed by atoms with Crippen molar-refractivity contribution in [1.29, 1.82) is 0 Å². The van der Waals surface area contributed by atoms with Crippen molar-refractivity contribution in [2.75, 3.05) is 0 Å². The molecule has 118 valence electrons. The Balaban J connectivity index is 2.25. The number of benzene rings is 2. The second-order valence-electron chi connectivity index (χ2n) is 4.74. The number of halogens is 4. The molecule has 0 spiro atoms. The van der Waals surface area contributed by atoms with Gasteiger partial charge in [0, 0.05) is 17.7 Å². The van der Waals surface area contributed by atoms with Crippen LogP contribution in [0.2, 0.25) is 0 Å². The van der Waals surface area contributed by atoms with E-state index in [9.17, 15) is 22.7 Å². The number of nitrogens with zero attached hydrogens (tertiary/aromatic N) is 3. The smallest absolute Gasteiger partial charge is 0.128 e. The number of hydrogen-bond acceptors (Lipinski definition) is 3. The van der Waals surface area contributed by atoms with Gasteiger partial charge in [-0.3, -0.25) is 0 Å². The van der Waals surface area contributed by atoms with Crippen molar-refractivity contribution in [1.82, 2.24) is 15.0 Å². The summed E-state index contributed by atoms with van der Waals surface area (Å²) in [6.45, 7) is -0.564. The largest absolute Gasteiger partial charge is 0.390 e. The lowest BCUT2D eigenvalue weighted by Gasteiger charge is -2.09. The van der Waals surface area contributed by atoms with Gasteiger partial charge < -0.3 is 5.11 Å². The normalized spacial score (nSPS) is 11.0. The van der Waals surface area contributed by atoms with Gasteiger partial charge in [-0.1, -0.05) is 5.21 Å². The van der Waals surface area contributed by atoms with Crippen LogP contribution in [0.3, 0.4) is 0 Å². The average molecular weight is 323 g/mol. The first-order chi connectivity index (χ1) is 11.0. The minimum atomic E-state index is -0.850. The molecule has 0 saturated heterocycles. The molecule has 1 heterocycles. The third-order valence-electron chi connectivity index (χ3n) is 3.12. The first-order valence-electron chi connectivity index (χ1n) is 6.46. The maximum atomic E-state index is 13.4. The molecule has 23 heavy (non-hydrogen) atoms. The Morgan fingerprint density at radius 2 is 1.35 bits per heavy atom. The van der Waals surface area contributed by atoms with Crippen molar-refractivity contribution >= 4 is 0 Å². The zero-order valence-corrected chi connectivity index (χ0v) is 11.5. The summed E-state index contributed by atoms with van der Waals surface area (Å²) in [5.74, 6) is -3.39. The molecule has 0 saturated carbocycles. The van der Waals surface area contributed by atoms with Crippen LogP contribution in [0.1, 0.15) is 5.69 Å². The lowest BCUT2D eigenvalue weighted by molar-refractivity contribution is 0.277. The molecule has 3 aromatic rings. The van der Waals surface area contributed by atoms with E-state index in [1.807, 2.05) is 0 Å². The molecule has 0 aliphatic rings. The Morgan fingerprint density at radius 3 is 1.87 bits per heavy atom. The molecule has 3 rings (SSSR count). The summed E-state index contributed by atoms with van der Waals surface area (Å²) in [7, 11) is 0. The molecule has 1 aromatic heterocycles. The quantitative estimate of drug-likeness (QED) is 0.754. The van der Waals surface area contributed by atoms with Crippen molar-refractivity contribution in [2.45, 2.75) is 6.61 Å². The van der Waals surface area contributed by atoms with Crippen LogP contribution in [0, 0.1) is 23.3 Å². The standard InChI is InChI=1S/C15H9F4N3O/c16-9-1-8(2-10(17)3-9)15-14(7-23)20-21-22(15)13-5-11(18)4-12(19)6-13/h1-6,23H,7H2. The second kappa shape index (κ2) is 5.81. The minimum absolute atomic E-state index is 0.0136. The summed E-state index contributed by atoms with van der Waals surface area (Å²) in [5, 5.41) is 16.7. The predicted molar refractivity (Wildman–Crippen MR) is 72.5 cm³/mol.